The van der Waals surface area contributed by atoms with Crippen LogP contribution in [0.3, 0.4) is 0 Å². The van der Waals surface area contributed by atoms with E-state index in [-0.39, 0.29) is 22.4 Å². The Hall–Kier alpha value is -3.33. The van der Waals surface area contributed by atoms with E-state index in [1.807, 2.05) is 5.32 Å². The Labute approximate surface area is 163 Å². The molecule has 0 bridgehead atoms. The number of carbonyl (C=O) groups excluding carboxylic acids is 1. The Kier molecular flexibility index (Phi) is 4.34. The van der Waals surface area contributed by atoms with Gasteiger partial charge in [-0.05, 0) is 12.1 Å². The topological polar surface area (TPSA) is 102 Å². The number of carbonyl (C=O) groups is 1. The van der Waals surface area contributed by atoms with Crippen LogP contribution in [0.4, 0.5) is 15.8 Å². The van der Waals surface area contributed by atoms with E-state index >= 15 is 0 Å². The van der Waals surface area contributed by atoms with E-state index in [0.717, 1.165) is 12.4 Å². The Balaban J connectivity index is 2.03. The van der Waals surface area contributed by atoms with E-state index in [4.69, 9.17) is 20.5 Å². The number of hydrogen-bond acceptors (Lipinski definition) is 7. The molecule has 10 heteroatoms. The molecule has 0 spiro atoms. The molecule has 2 heterocycles. The van der Waals surface area contributed by atoms with Gasteiger partial charge in [-0.3, -0.25) is 4.79 Å². The van der Waals surface area contributed by atoms with Crippen LogP contribution in [0.5, 0.6) is 5.75 Å². The minimum Gasteiger partial charge on any atom is -0.494 e. The molecule has 2 N–H and O–H groups in total. The maximum absolute atomic E-state index is 13.2. The van der Waals surface area contributed by atoms with Gasteiger partial charge in [-0.25, -0.2) is 14.4 Å². The van der Waals surface area contributed by atoms with Crippen LogP contribution < -0.4 is 15.4 Å². The molecule has 0 atom stereocenters. The van der Waals surface area contributed by atoms with Crippen LogP contribution in [0, 0.1) is 5.82 Å². The van der Waals surface area contributed by atoms with Gasteiger partial charge in [0.2, 0.25) is 0 Å². The summed E-state index contributed by atoms with van der Waals surface area (Å²) in [6, 6.07) is 6.26. The van der Waals surface area contributed by atoms with Gasteiger partial charge in [-0.2, -0.15) is 0 Å². The van der Waals surface area contributed by atoms with Crippen LogP contribution in [-0.2, 0) is 0 Å². The van der Waals surface area contributed by atoms with Crippen molar-refractivity contribution in [1.29, 1.82) is 0 Å². The zero-order valence-corrected chi connectivity index (χ0v) is 14.6. The number of methoxy groups -OCH3 is 1. The molecule has 0 aliphatic carbocycles. The van der Waals surface area contributed by atoms with Crippen molar-refractivity contribution in [2.45, 2.75) is 0 Å². The monoisotopic (exact) mass is 391 g/mol. The molecule has 3 rings (SSSR count). The molecule has 0 saturated carbocycles. The lowest BCUT2D eigenvalue weighted by atomic mass is 10.1. The van der Waals surface area contributed by atoms with Crippen molar-refractivity contribution in [1.82, 2.24) is 25.5 Å². The van der Waals surface area contributed by atoms with Gasteiger partial charge in [-0.1, -0.05) is 17.7 Å². The lowest BCUT2D eigenvalue weighted by Gasteiger charge is -2.15. The average molecular weight is 392 g/mol. The number of benzene rings is 1. The molecule has 2 aromatic heterocycles. The molecule has 0 fully saturated rings. The Morgan fingerprint density at radius 3 is 2.74 bits per heavy atom. The summed E-state index contributed by atoms with van der Waals surface area (Å²) in [5.41, 5.74) is 0.618. The standard InChI is InChI=1S/C17H14ClFN6O2/c1-20-17(26)14-12(6-13(18)24-25-14)23-11-5-3-4-10(15(11)27-2)16-21-7-9(19)8-22-16/h3-8H,1-2H3,(H,20,26)(H,23,24)/i1D3. The van der Waals surface area contributed by atoms with E-state index in [0.29, 0.717) is 17.0 Å². The largest absolute Gasteiger partial charge is 0.494 e. The van der Waals surface area contributed by atoms with Gasteiger partial charge in [-0.15, -0.1) is 10.2 Å². The zero-order valence-electron chi connectivity index (χ0n) is 16.8. The smallest absolute Gasteiger partial charge is 0.273 e. The number of halogens is 2. The summed E-state index contributed by atoms with van der Waals surface area (Å²) < 4.78 is 40.2. The maximum Gasteiger partial charge on any atom is 0.273 e. The van der Waals surface area contributed by atoms with Crippen LogP contribution in [0.15, 0.2) is 36.7 Å². The van der Waals surface area contributed by atoms with Crippen molar-refractivity contribution in [3.05, 3.63) is 53.3 Å². The van der Waals surface area contributed by atoms with E-state index in [1.54, 1.807) is 18.2 Å². The summed E-state index contributed by atoms with van der Waals surface area (Å²) in [6.45, 7) is -2.72. The summed E-state index contributed by atoms with van der Waals surface area (Å²) >= 11 is 5.89. The second kappa shape index (κ2) is 7.92. The fraction of sp³-hybridized carbons (Fsp3) is 0.118. The third-order valence-corrected chi connectivity index (χ3v) is 3.63. The first-order valence-corrected chi connectivity index (χ1v) is 7.83. The summed E-state index contributed by atoms with van der Waals surface area (Å²) in [5.74, 6) is -1.06. The highest BCUT2D eigenvalue weighted by molar-refractivity contribution is 6.29. The molecule has 0 aliphatic heterocycles. The van der Waals surface area contributed by atoms with Crippen molar-refractivity contribution in [2.24, 2.45) is 0 Å². The van der Waals surface area contributed by atoms with Crippen molar-refractivity contribution in [2.75, 3.05) is 19.4 Å². The molecule has 27 heavy (non-hydrogen) atoms. The van der Waals surface area contributed by atoms with Gasteiger partial charge in [0, 0.05) is 17.2 Å². The van der Waals surface area contributed by atoms with Crippen molar-refractivity contribution >= 4 is 28.9 Å². The number of nitrogens with zero attached hydrogens (tertiary/aromatic N) is 4. The quantitative estimate of drug-likeness (QED) is 0.689. The van der Waals surface area contributed by atoms with E-state index in [9.17, 15) is 9.18 Å². The predicted octanol–water partition coefficient (Wildman–Crippen LogP) is 2.84. The molecule has 0 saturated heterocycles. The summed E-state index contributed by atoms with van der Waals surface area (Å²) in [6.07, 6.45) is 2.04. The minimum atomic E-state index is -2.72. The lowest BCUT2D eigenvalue weighted by molar-refractivity contribution is 0.0958. The molecule has 0 radical (unpaired) electrons. The maximum atomic E-state index is 13.2. The first-order valence-electron chi connectivity index (χ1n) is 8.95. The molecule has 0 unspecified atom stereocenters. The van der Waals surface area contributed by atoms with Crippen LogP contribution in [0.25, 0.3) is 11.4 Å². The zero-order chi connectivity index (χ0) is 21.9. The average Bonchev–Trinajstić information content (AvgIpc) is 2.67. The third kappa shape index (κ3) is 3.93. The highest BCUT2D eigenvalue weighted by Crippen LogP contribution is 2.36. The van der Waals surface area contributed by atoms with Gasteiger partial charge in [0.25, 0.3) is 5.91 Å². The third-order valence-electron chi connectivity index (χ3n) is 3.44. The van der Waals surface area contributed by atoms with Gasteiger partial charge in [0.15, 0.2) is 28.2 Å². The lowest BCUT2D eigenvalue weighted by Crippen LogP contribution is -2.21. The number of anilines is 2. The molecule has 1 aromatic carbocycles. The SMILES string of the molecule is [2H]C([2H])([2H])NC(=O)c1nnc(Cl)cc1Nc1cccc(-c2ncc(F)cn2)c1OC. The minimum absolute atomic E-state index is 0.0278. The van der Waals surface area contributed by atoms with Gasteiger partial charge in [0.05, 0.1) is 36.4 Å². The number of hydrogen-bond donors (Lipinski definition) is 2. The second-order valence-corrected chi connectivity index (χ2v) is 5.51. The van der Waals surface area contributed by atoms with Gasteiger partial charge >= 0.3 is 0 Å². The Morgan fingerprint density at radius 1 is 1.26 bits per heavy atom. The molecule has 1 amide bonds. The van der Waals surface area contributed by atoms with Crippen LogP contribution in [0.1, 0.15) is 14.6 Å². The number of aromatic nitrogens is 4. The predicted molar refractivity (Wildman–Crippen MR) is 97.7 cm³/mol. The van der Waals surface area contributed by atoms with Gasteiger partial charge < -0.3 is 15.4 Å². The molecule has 0 aliphatic rings. The molecule has 138 valence electrons. The molecular weight excluding hydrogens is 375 g/mol. The number of rotatable bonds is 5. The fourth-order valence-electron chi connectivity index (χ4n) is 2.32. The highest BCUT2D eigenvalue weighted by Gasteiger charge is 2.18. The molecule has 8 nitrogen and oxygen atoms in total. The Morgan fingerprint density at radius 2 is 2.04 bits per heavy atom. The van der Waals surface area contributed by atoms with Crippen molar-refractivity contribution in [3.63, 3.8) is 0 Å². The normalized spacial score (nSPS) is 12.5. The first-order chi connectivity index (χ1) is 14.2. The second-order valence-electron chi connectivity index (χ2n) is 5.12. The number of para-hydroxylation sites is 1. The highest BCUT2D eigenvalue weighted by atomic mass is 35.5. The number of nitrogens with one attached hydrogen (secondary N) is 2. The molecule has 3 aromatic rings. The van der Waals surface area contributed by atoms with Crippen LogP contribution in [0.2, 0.25) is 5.15 Å². The van der Waals surface area contributed by atoms with Crippen molar-refractivity contribution < 1.29 is 18.0 Å². The van der Waals surface area contributed by atoms with Gasteiger partial charge in [0.1, 0.15) is 0 Å². The summed E-state index contributed by atoms with van der Waals surface area (Å²) in [5, 5.41) is 12.0. The first kappa shape index (κ1) is 14.8. The van der Waals surface area contributed by atoms with E-state index in [1.165, 1.54) is 13.2 Å². The van der Waals surface area contributed by atoms with Crippen molar-refractivity contribution in [3.8, 4) is 17.1 Å². The number of amides is 1. The van der Waals surface area contributed by atoms with Crippen LogP contribution >= 0.6 is 11.6 Å². The van der Waals surface area contributed by atoms with E-state index < -0.39 is 18.7 Å². The summed E-state index contributed by atoms with van der Waals surface area (Å²) in [4.78, 5) is 20.2. The number of ether oxygens (including phenoxy) is 1. The summed E-state index contributed by atoms with van der Waals surface area (Å²) in [7, 11) is 1.41. The molecular formula is C17H14ClFN6O2. The van der Waals surface area contributed by atoms with Crippen LogP contribution in [-0.4, -0.2) is 40.2 Å². The fourth-order valence-corrected chi connectivity index (χ4v) is 2.46. The Bertz CT molecular complexity index is 1080. The van der Waals surface area contributed by atoms with E-state index in [2.05, 4.69) is 25.5 Å².